The van der Waals surface area contributed by atoms with Gasteiger partial charge in [-0.2, -0.15) is 0 Å². The quantitative estimate of drug-likeness (QED) is 0.648. The Kier molecular flexibility index (Phi) is 6.83. The highest BCUT2D eigenvalue weighted by Gasteiger charge is 2.21. The number of morpholine rings is 1. The van der Waals surface area contributed by atoms with Crippen LogP contribution in [-0.4, -0.2) is 49.3 Å². The van der Waals surface area contributed by atoms with Gasteiger partial charge in [0.1, 0.15) is 5.75 Å². The van der Waals surface area contributed by atoms with Gasteiger partial charge in [-0.1, -0.05) is 0 Å². The molecule has 2 N–H and O–H groups in total. The third-order valence-corrected chi connectivity index (χ3v) is 3.35. The molecule has 8 heteroatoms. The van der Waals surface area contributed by atoms with Crippen LogP contribution in [0.4, 0.5) is 5.69 Å². The molecule has 1 atom stereocenters. The monoisotopic (exact) mass is 317 g/mol. The zero-order valence-corrected chi connectivity index (χ0v) is 12.7. The zero-order chi connectivity index (χ0) is 14.5. The van der Waals surface area contributed by atoms with Crippen LogP contribution in [0.3, 0.4) is 0 Å². The van der Waals surface area contributed by atoms with Crippen molar-refractivity contribution in [3.05, 3.63) is 33.9 Å². The number of nitrogens with zero attached hydrogens (tertiary/aromatic N) is 2. The molecule has 118 valence electrons. The zero-order valence-electron chi connectivity index (χ0n) is 11.9. The number of nitrogens with two attached hydrogens (primary N) is 1. The molecule has 1 aliphatic rings. The van der Waals surface area contributed by atoms with Crippen LogP contribution in [0.2, 0.25) is 0 Å². The van der Waals surface area contributed by atoms with E-state index in [2.05, 4.69) is 4.90 Å². The third kappa shape index (κ3) is 4.53. The van der Waals surface area contributed by atoms with Crippen LogP contribution in [0, 0.1) is 10.1 Å². The highest BCUT2D eigenvalue weighted by atomic mass is 35.5. The summed E-state index contributed by atoms with van der Waals surface area (Å²) >= 11 is 0. The molecule has 0 radical (unpaired) electrons. The molecule has 0 bridgehead atoms. The van der Waals surface area contributed by atoms with E-state index in [9.17, 15) is 10.1 Å². The second-order valence-electron chi connectivity index (χ2n) is 4.72. The lowest BCUT2D eigenvalue weighted by Crippen LogP contribution is -2.45. The Hall–Kier alpha value is -1.41. The summed E-state index contributed by atoms with van der Waals surface area (Å²) in [5.74, 6) is 0.659. The van der Waals surface area contributed by atoms with Crippen molar-refractivity contribution in [3.63, 3.8) is 0 Å². The van der Waals surface area contributed by atoms with E-state index in [1.165, 1.54) is 6.07 Å². The molecule has 0 saturated carbocycles. The molecule has 1 saturated heterocycles. The third-order valence-electron chi connectivity index (χ3n) is 3.35. The SMILES string of the molecule is COc1ccc([N+](=O)[O-])cc1CN1CCOC(CN)C1.Cl. The minimum Gasteiger partial charge on any atom is -0.496 e. The second-order valence-corrected chi connectivity index (χ2v) is 4.72. The standard InChI is InChI=1S/C13H19N3O4.ClH/c1-19-13-3-2-11(16(17)18)6-10(13)8-15-4-5-20-12(7-14)9-15;/h2-3,6,12H,4-5,7-9,14H2,1H3;1H. The molecule has 21 heavy (non-hydrogen) atoms. The topological polar surface area (TPSA) is 90.9 Å². The Morgan fingerprint density at radius 2 is 2.33 bits per heavy atom. The lowest BCUT2D eigenvalue weighted by Gasteiger charge is -2.32. The van der Waals surface area contributed by atoms with E-state index in [-0.39, 0.29) is 24.2 Å². The highest BCUT2D eigenvalue weighted by molar-refractivity contribution is 5.85. The van der Waals surface area contributed by atoms with Crippen molar-refractivity contribution in [2.24, 2.45) is 5.73 Å². The Morgan fingerprint density at radius 3 is 2.95 bits per heavy atom. The summed E-state index contributed by atoms with van der Waals surface area (Å²) in [5, 5.41) is 10.9. The highest BCUT2D eigenvalue weighted by Crippen LogP contribution is 2.25. The molecule has 0 aromatic heterocycles. The Balaban J connectivity index is 0.00000220. The van der Waals surface area contributed by atoms with Crippen molar-refractivity contribution >= 4 is 18.1 Å². The van der Waals surface area contributed by atoms with Gasteiger partial charge >= 0.3 is 0 Å². The lowest BCUT2D eigenvalue weighted by atomic mass is 10.1. The number of hydrogen-bond acceptors (Lipinski definition) is 6. The molecule has 0 aliphatic carbocycles. The predicted octanol–water partition coefficient (Wildman–Crippen LogP) is 1.18. The summed E-state index contributed by atoms with van der Waals surface area (Å²) in [5.41, 5.74) is 6.49. The number of non-ortho nitro benzene ring substituents is 1. The number of benzene rings is 1. The summed E-state index contributed by atoms with van der Waals surface area (Å²) in [6, 6.07) is 4.64. The summed E-state index contributed by atoms with van der Waals surface area (Å²) in [7, 11) is 1.56. The average Bonchev–Trinajstić information content (AvgIpc) is 2.47. The molecule has 1 heterocycles. The van der Waals surface area contributed by atoms with E-state index in [1.807, 2.05) is 0 Å². The van der Waals surface area contributed by atoms with Crippen molar-refractivity contribution < 1.29 is 14.4 Å². The molecule has 2 rings (SSSR count). The first-order chi connectivity index (χ1) is 9.63. The van der Waals surface area contributed by atoms with Crippen molar-refractivity contribution in [1.29, 1.82) is 0 Å². The van der Waals surface area contributed by atoms with E-state index in [1.54, 1.807) is 19.2 Å². The smallest absolute Gasteiger partial charge is 0.270 e. The number of rotatable bonds is 5. The maximum absolute atomic E-state index is 10.9. The number of ether oxygens (including phenoxy) is 2. The van der Waals surface area contributed by atoms with Crippen molar-refractivity contribution in [2.45, 2.75) is 12.6 Å². The predicted molar refractivity (Wildman–Crippen MR) is 81.0 cm³/mol. The minimum atomic E-state index is -0.398. The van der Waals surface area contributed by atoms with Gasteiger partial charge in [0.15, 0.2) is 0 Å². The van der Waals surface area contributed by atoms with E-state index in [4.69, 9.17) is 15.2 Å². The van der Waals surface area contributed by atoms with Gasteiger partial charge in [-0.15, -0.1) is 12.4 Å². The van der Waals surface area contributed by atoms with Gasteiger partial charge in [0.05, 0.1) is 24.7 Å². The molecular formula is C13H20ClN3O4. The minimum absolute atomic E-state index is 0. The average molecular weight is 318 g/mol. The first-order valence-electron chi connectivity index (χ1n) is 6.49. The maximum Gasteiger partial charge on any atom is 0.270 e. The number of hydrogen-bond donors (Lipinski definition) is 1. The van der Waals surface area contributed by atoms with E-state index < -0.39 is 4.92 Å². The van der Waals surface area contributed by atoms with Gasteiger partial charge in [-0.3, -0.25) is 15.0 Å². The Morgan fingerprint density at radius 1 is 1.57 bits per heavy atom. The summed E-state index contributed by atoms with van der Waals surface area (Å²) in [4.78, 5) is 12.6. The van der Waals surface area contributed by atoms with Gasteiger partial charge in [-0.25, -0.2) is 0 Å². The van der Waals surface area contributed by atoms with Crippen LogP contribution in [0.5, 0.6) is 5.75 Å². The Bertz CT molecular complexity index is 486. The second kappa shape index (κ2) is 8.14. The maximum atomic E-state index is 10.9. The van der Waals surface area contributed by atoms with Crippen molar-refractivity contribution in [1.82, 2.24) is 4.90 Å². The van der Waals surface area contributed by atoms with Crippen LogP contribution in [0.15, 0.2) is 18.2 Å². The van der Waals surface area contributed by atoms with E-state index >= 15 is 0 Å². The van der Waals surface area contributed by atoms with Crippen LogP contribution in [0.25, 0.3) is 0 Å². The van der Waals surface area contributed by atoms with Gasteiger partial charge in [0, 0.05) is 43.9 Å². The van der Waals surface area contributed by atoms with Gasteiger partial charge in [0.25, 0.3) is 5.69 Å². The fourth-order valence-electron chi connectivity index (χ4n) is 2.31. The van der Waals surface area contributed by atoms with Gasteiger partial charge < -0.3 is 15.2 Å². The summed E-state index contributed by atoms with van der Waals surface area (Å²) < 4.78 is 10.8. The van der Waals surface area contributed by atoms with Gasteiger partial charge in [0.2, 0.25) is 0 Å². The van der Waals surface area contributed by atoms with E-state index in [0.717, 1.165) is 18.7 Å². The molecule has 1 aromatic rings. The number of methoxy groups -OCH3 is 1. The molecule has 1 unspecified atom stereocenters. The number of nitro groups is 1. The van der Waals surface area contributed by atoms with Crippen LogP contribution in [-0.2, 0) is 11.3 Å². The van der Waals surface area contributed by atoms with Crippen LogP contribution < -0.4 is 10.5 Å². The Labute approximate surface area is 129 Å². The molecule has 1 aliphatic heterocycles. The molecule has 7 nitrogen and oxygen atoms in total. The van der Waals surface area contributed by atoms with Crippen LogP contribution in [0.1, 0.15) is 5.56 Å². The molecule has 0 amide bonds. The fourth-order valence-corrected chi connectivity index (χ4v) is 2.31. The van der Waals surface area contributed by atoms with Crippen molar-refractivity contribution in [3.8, 4) is 5.75 Å². The van der Waals surface area contributed by atoms with Crippen LogP contribution >= 0.6 is 12.4 Å². The largest absolute Gasteiger partial charge is 0.496 e. The molecular weight excluding hydrogens is 298 g/mol. The molecule has 1 aromatic carbocycles. The van der Waals surface area contributed by atoms with Crippen molar-refractivity contribution in [2.75, 3.05) is 33.4 Å². The fraction of sp³-hybridized carbons (Fsp3) is 0.538. The first kappa shape index (κ1) is 17.6. The normalized spacial score (nSPS) is 18.9. The lowest BCUT2D eigenvalue weighted by molar-refractivity contribution is -0.385. The molecule has 0 spiro atoms. The number of halogens is 1. The molecule has 1 fully saturated rings. The van der Waals surface area contributed by atoms with E-state index in [0.29, 0.717) is 25.4 Å². The summed E-state index contributed by atoms with van der Waals surface area (Å²) in [6.45, 7) is 3.19. The van der Waals surface area contributed by atoms with Gasteiger partial charge in [-0.05, 0) is 6.07 Å². The number of nitro benzene ring substituents is 1. The summed E-state index contributed by atoms with van der Waals surface area (Å²) in [6.07, 6.45) is 0.0217. The first-order valence-corrected chi connectivity index (χ1v) is 6.49.